The molecule has 0 aliphatic heterocycles. The fourth-order valence-electron chi connectivity index (χ4n) is 3.14. The van der Waals surface area contributed by atoms with Crippen LogP contribution in [0.1, 0.15) is 10.6 Å². The Hall–Kier alpha value is -3.90. The molecule has 5 rings (SSSR count). The maximum atomic E-state index is 13.1. The standard InChI is InChI=1S/C24H14ClFN2O3/c25-16-5-1-14(2-6-16)20-11-12-22(30-20)23(29)27-18-9-10-21-19(13-18)28-24(31-21)15-3-7-17(26)8-4-15/h1-13H,(H,27,29). The number of furan rings is 1. The van der Waals surface area contributed by atoms with Gasteiger partial charge in [-0.05, 0) is 78.9 Å². The Kier molecular flexibility index (Phi) is 4.76. The van der Waals surface area contributed by atoms with Crippen LogP contribution in [-0.4, -0.2) is 10.9 Å². The molecule has 0 spiro atoms. The van der Waals surface area contributed by atoms with Crippen molar-refractivity contribution >= 4 is 34.3 Å². The van der Waals surface area contributed by atoms with Gasteiger partial charge in [-0.2, -0.15) is 0 Å². The summed E-state index contributed by atoms with van der Waals surface area (Å²) in [5.74, 6) is 0.399. The number of hydrogen-bond donors (Lipinski definition) is 1. The zero-order valence-corrected chi connectivity index (χ0v) is 16.7. The van der Waals surface area contributed by atoms with Gasteiger partial charge in [-0.1, -0.05) is 11.6 Å². The lowest BCUT2D eigenvalue weighted by Crippen LogP contribution is -2.10. The van der Waals surface area contributed by atoms with Crippen molar-refractivity contribution in [3.63, 3.8) is 0 Å². The first-order valence-electron chi connectivity index (χ1n) is 9.39. The molecule has 0 saturated heterocycles. The summed E-state index contributed by atoms with van der Waals surface area (Å²) in [7, 11) is 0. The molecule has 152 valence electrons. The quantitative estimate of drug-likeness (QED) is 0.339. The third-order valence-electron chi connectivity index (χ3n) is 4.70. The van der Waals surface area contributed by atoms with E-state index >= 15 is 0 Å². The fourth-order valence-corrected chi connectivity index (χ4v) is 3.27. The van der Waals surface area contributed by atoms with E-state index in [1.54, 1.807) is 54.6 Å². The fraction of sp³-hybridized carbons (Fsp3) is 0. The van der Waals surface area contributed by atoms with Gasteiger partial charge in [-0.15, -0.1) is 0 Å². The van der Waals surface area contributed by atoms with E-state index in [1.807, 2.05) is 12.1 Å². The Morgan fingerprint density at radius 1 is 0.871 bits per heavy atom. The molecular formula is C24H14ClFN2O3. The summed E-state index contributed by atoms with van der Waals surface area (Å²) in [5, 5.41) is 3.42. The first-order valence-corrected chi connectivity index (χ1v) is 9.77. The summed E-state index contributed by atoms with van der Waals surface area (Å²) in [4.78, 5) is 17.0. The second kappa shape index (κ2) is 7.74. The molecular weight excluding hydrogens is 419 g/mol. The lowest BCUT2D eigenvalue weighted by atomic mass is 10.2. The van der Waals surface area contributed by atoms with Crippen molar-refractivity contribution in [2.45, 2.75) is 0 Å². The van der Waals surface area contributed by atoms with E-state index in [-0.39, 0.29) is 17.5 Å². The van der Waals surface area contributed by atoms with Crippen molar-refractivity contribution in [3.8, 4) is 22.8 Å². The van der Waals surface area contributed by atoms with E-state index in [4.69, 9.17) is 20.4 Å². The topological polar surface area (TPSA) is 68.3 Å². The van der Waals surface area contributed by atoms with Crippen LogP contribution in [0.3, 0.4) is 0 Å². The Bertz CT molecular complexity index is 1390. The highest BCUT2D eigenvalue weighted by atomic mass is 35.5. The molecule has 1 N–H and O–H groups in total. The van der Waals surface area contributed by atoms with Crippen LogP contribution in [0, 0.1) is 5.82 Å². The molecule has 0 aliphatic carbocycles. The number of hydrogen-bond acceptors (Lipinski definition) is 4. The average molecular weight is 433 g/mol. The van der Waals surface area contributed by atoms with Gasteiger partial charge in [-0.3, -0.25) is 4.79 Å². The number of amides is 1. The predicted molar refractivity (Wildman–Crippen MR) is 117 cm³/mol. The minimum atomic E-state index is -0.387. The van der Waals surface area contributed by atoms with Crippen molar-refractivity contribution in [2.75, 3.05) is 5.32 Å². The molecule has 0 radical (unpaired) electrons. The highest BCUT2D eigenvalue weighted by Crippen LogP contribution is 2.27. The number of carbonyl (C=O) groups is 1. The number of benzene rings is 3. The minimum absolute atomic E-state index is 0.178. The third kappa shape index (κ3) is 3.93. The molecule has 0 unspecified atom stereocenters. The summed E-state index contributed by atoms with van der Waals surface area (Å²) < 4.78 is 24.5. The Morgan fingerprint density at radius 2 is 1.61 bits per heavy atom. The predicted octanol–water partition coefficient (Wildman–Crippen LogP) is 6.80. The molecule has 0 fully saturated rings. The maximum Gasteiger partial charge on any atom is 0.291 e. The Morgan fingerprint density at radius 3 is 2.39 bits per heavy atom. The number of nitrogens with one attached hydrogen (secondary N) is 1. The highest BCUT2D eigenvalue weighted by molar-refractivity contribution is 6.30. The van der Waals surface area contributed by atoms with Gasteiger partial charge in [-0.25, -0.2) is 9.37 Å². The van der Waals surface area contributed by atoms with Gasteiger partial charge in [0.25, 0.3) is 5.91 Å². The molecule has 3 aromatic carbocycles. The molecule has 0 aliphatic rings. The van der Waals surface area contributed by atoms with Gasteiger partial charge in [0, 0.05) is 21.8 Å². The van der Waals surface area contributed by atoms with Gasteiger partial charge in [0.1, 0.15) is 17.1 Å². The first-order chi connectivity index (χ1) is 15.0. The van der Waals surface area contributed by atoms with Crippen LogP contribution in [-0.2, 0) is 0 Å². The van der Waals surface area contributed by atoms with Crippen LogP contribution in [0.4, 0.5) is 10.1 Å². The van der Waals surface area contributed by atoms with E-state index in [9.17, 15) is 9.18 Å². The lowest BCUT2D eigenvalue weighted by molar-refractivity contribution is 0.0997. The number of rotatable bonds is 4. The van der Waals surface area contributed by atoms with Crippen molar-refractivity contribution in [1.29, 1.82) is 0 Å². The van der Waals surface area contributed by atoms with Gasteiger partial charge in [0.15, 0.2) is 11.3 Å². The number of anilines is 1. The second-order valence-corrected chi connectivity index (χ2v) is 7.27. The number of carbonyl (C=O) groups excluding carboxylic acids is 1. The second-order valence-electron chi connectivity index (χ2n) is 6.83. The molecule has 2 heterocycles. The maximum absolute atomic E-state index is 13.1. The zero-order chi connectivity index (χ0) is 21.4. The number of nitrogens with zero attached hydrogens (tertiary/aromatic N) is 1. The van der Waals surface area contributed by atoms with E-state index in [0.717, 1.165) is 5.56 Å². The van der Waals surface area contributed by atoms with E-state index < -0.39 is 0 Å². The van der Waals surface area contributed by atoms with E-state index in [0.29, 0.717) is 39.0 Å². The molecule has 5 aromatic rings. The summed E-state index contributed by atoms with van der Waals surface area (Å²) in [5.41, 5.74) is 3.15. The van der Waals surface area contributed by atoms with Crippen LogP contribution in [0.25, 0.3) is 33.9 Å². The number of fused-ring (bicyclic) bond motifs is 1. The van der Waals surface area contributed by atoms with Gasteiger partial charge < -0.3 is 14.2 Å². The molecule has 2 aromatic heterocycles. The van der Waals surface area contributed by atoms with Crippen LogP contribution < -0.4 is 5.32 Å². The molecule has 0 bridgehead atoms. The summed E-state index contributed by atoms with van der Waals surface area (Å²) in [6.07, 6.45) is 0. The molecule has 0 saturated carbocycles. The summed E-state index contributed by atoms with van der Waals surface area (Å²) in [6, 6.07) is 21.5. The monoisotopic (exact) mass is 432 g/mol. The Balaban J connectivity index is 1.36. The normalized spacial score (nSPS) is 11.0. The highest BCUT2D eigenvalue weighted by Gasteiger charge is 2.14. The molecule has 7 heteroatoms. The van der Waals surface area contributed by atoms with Gasteiger partial charge in [0.05, 0.1) is 0 Å². The van der Waals surface area contributed by atoms with E-state index in [2.05, 4.69) is 10.3 Å². The van der Waals surface area contributed by atoms with Gasteiger partial charge >= 0.3 is 0 Å². The minimum Gasteiger partial charge on any atom is -0.451 e. The molecule has 1 amide bonds. The first kappa shape index (κ1) is 19.1. The van der Waals surface area contributed by atoms with Crippen LogP contribution in [0.5, 0.6) is 0 Å². The van der Waals surface area contributed by atoms with Crippen LogP contribution in [0.2, 0.25) is 5.02 Å². The summed E-state index contributed by atoms with van der Waals surface area (Å²) >= 11 is 5.91. The SMILES string of the molecule is O=C(Nc1ccc2oc(-c3ccc(F)cc3)nc2c1)c1ccc(-c2ccc(Cl)cc2)o1. The smallest absolute Gasteiger partial charge is 0.291 e. The zero-order valence-electron chi connectivity index (χ0n) is 15.9. The summed E-state index contributed by atoms with van der Waals surface area (Å²) in [6.45, 7) is 0. The number of halogens is 2. The molecule has 31 heavy (non-hydrogen) atoms. The number of oxazole rings is 1. The Labute approximate surface area is 181 Å². The van der Waals surface area contributed by atoms with Crippen molar-refractivity contribution in [3.05, 3.63) is 95.5 Å². The molecule has 5 nitrogen and oxygen atoms in total. The number of aromatic nitrogens is 1. The van der Waals surface area contributed by atoms with Gasteiger partial charge in [0.2, 0.25) is 5.89 Å². The van der Waals surface area contributed by atoms with Crippen molar-refractivity contribution < 1.29 is 18.0 Å². The van der Waals surface area contributed by atoms with Crippen LogP contribution in [0.15, 0.2) is 87.7 Å². The largest absolute Gasteiger partial charge is 0.451 e. The average Bonchev–Trinajstić information content (AvgIpc) is 3.42. The lowest BCUT2D eigenvalue weighted by Gasteiger charge is -2.02. The third-order valence-corrected chi connectivity index (χ3v) is 4.95. The molecule has 0 atom stereocenters. The van der Waals surface area contributed by atoms with Crippen molar-refractivity contribution in [2.24, 2.45) is 0 Å². The van der Waals surface area contributed by atoms with Crippen LogP contribution >= 0.6 is 11.6 Å². The van der Waals surface area contributed by atoms with Crippen molar-refractivity contribution in [1.82, 2.24) is 4.98 Å². The van der Waals surface area contributed by atoms with E-state index in [1.165, 1.54) is 12.1 Å².